The van der Waals surface area contributed by atoms with Gasteiger partial charge in [0.05, 0.1) is 0 Å². The van der Waals surface area contributed by atoms with Crippen molar-refractivity contribution in [2.75, 3.05) is 0 Å². The Hall–Kier alpha value is -0.730. The first-order valence-electron chi connectivity index (χ1n) is 3.93. The van der Waals surface area contributed by atoms with Crippen molar-refractivity contribution < 1.29 is 13.2 Å². The Morgan fingerprint density at radius 2 is 1.83 bits per heavy atom. The summed E-state index contributed by atoms with van der Waals surface area (Å²) in [6.45, 7) is 1.86. The maximum absolute atomic E-state index is 12.2. The minimum atomic E-state index is -4.14. The molecule has 1 aliphatic carbocycles. The number of rotatable bonds is 0. The van der Waals surface area contributed by atoms with E-state index >= 15 is 0 Å². The highest BCUT2D eigenvalue weighted by molar-refractivity contribution is 5.22. The molecule has 68 valence electrons. The summed E-state index contributed by atoms with van der Waals surface area (Å²) in [6.07, 6.45) is 0.153. The van der Waals surface area contributed by atoms with E-state index in [9.17, 15) is 13.2 Å². The molecule has 3 heteroatoms. The maximum atomic E-state index is 12.2. The Bertz CT molecular complexity index is 220. The SMILES string of the molecule is CC1=CC=C(C(F)(F)F)CCC1. The number of allylic oxidation sites excluding steroid dienone is 4. The lowest BCUT2D eigenvalue weighted by Crippen LogP contribution is -2.11. The number of hydrogen-bond donors (Lipinski definition) is 0. The van der Waals surface area contributed by atoms with Gasteiger partial charge in [0.25, 0.3) is 0 Å². The molecule has 0 radical (unpaired) electrons. The zero-order chi connectivity index (χ0) is 9.19. The summed E-state index contributed by atoms with van der Waals surface area (Å²) in [6, 6.07) is 0. The van der Waals surface area contributed by atoms with Gasteiger partial charge in [0.1, 0.15) is 0 Å². The van der Waals surface area contributed by atoms with Crippen molar-refractivity contribution in [3.8, 4) is 0 Å². The van der Waals surface area contributed by atoms with Crippen LogP contribution in [0.3, 0.4) is 0 Å². The average molecular weight is 176 g/mol. The fraction of sp³-hybridized carbons (Fsp3) is 0.556. The molecule has 0 aromatic heterocycles. The van der Waals surface area contributed by atoms with Crippen LogP contribution in [-0.4, -0.2) is 6.18 Å². The second-order valence-corrected chi connectivity index (χ2v) is 3.06. The quantitative estimate of drug-likeness (QED) is 0.529. The Labute approximate surface area is 69.8 Å². The van der Waals surface area contributed by atoms with Gasteiger partial charge in [-0.2, -0.15) is 13.2 Å². The van der Waals surface area contributed by atoms with Gasteiger partial charge in [-0.3, -0.25) is 0 Å². The van der Waals surface area contributed by atoms with Crippen molar-refractivity contribution in [2.45, 2.75) is 32.4 Å². The third kappa shape index (κ3) is 2.40. The molecule has 0 nitrogen and oxygen atoms in total. The predicted octanol–water partition coefficient (Wildman–Crippen LogP) is 3.61. The molecule has 12 heavy (non-hydrogen) atoms. The molecule has 0 unspecified atom stereocenters. The molecule has 0 saturated carbocycles. The fourth-order valence-electron chi connectivity index (χ4n) is 1.20. The van der Waals surface area contributed by atoms with Crippen LogP contribution in [0.15, 0.2) is 23.3 Å². The molecule has 0 spiro atoms. The normalized spacial score (nSPS) is 19.7. The van der Waals surface area contributed by atoms with Crippen LogP contribution in [0.4, 0.5) is 13.2 Å². The molecule has 0 saturated heterocycles. The zero-order valence-corrected chi connectivity index (χ0v) is 6.91. The van der Waals surface area contributed by atoms with Crippen LogP contribution in [-0.2, 0) is 0 Å². The summed E-state index contributed by atoms with van der Waals surface area (Å²) in [5.74, 6) is 0. The standard InChI is InChI=1S/C9H11F3/c1-7-3-2-4-8(6-5-7)9(10,11)12/h5-6H,2-4H2,1H3. The van der Waals surface area contributed by atoms with E-state index in [1.807, 2.05) is 6.92 Å². The highest BCUT2D eigenvalue weighted by Crippen LogP contribution is 2.31. The smallest absolute Gasteiger partial charge is 0.166 e. The first-order valence-corrected chi connectivity index (χ1v) is 3.93. The molecule has 1 rings (SSSR count). The van der Waals surface area contributed by atoms with E-state index in [1.165, 1.54) is 6.08 Å². The second-order valence-electron chi connectivity index (χ2n) is 3.06. The van der Waals surface area contributed by atoms with Crippen LogP contribution >= 0.6 is 0 Å². The lowest BCUT2D eigenvalue weighted by Gasteiger charge is -2.08. The molecular weight excluding hydrogens is 165 g/mol. The Kier molecular flexibility index (Phi) is 2.60. The van der Waals surface area contributed by atoms with Crippen molar-refractivity contribution >= 4 is 0 Å². The molecule has 0 atom stereocenters. The molecular formula is C9H11F3. The van der Waals surface area contributed by atoms with Crippen LogP contribution in [0.25, 0.3) is 0 Å². The average Bonchev–Trinajstić information content (AvgIpc) is 2.11. The van der Waals surface area contributed by atoms with Gasteiger partial charge in [-0.05, 0) is 26.2 Å². The van der Waals surface area contributed by atoms with Gasteiger partial charge in [0, 0.05) is 5.57 Å². The molecule has 0 N–H and O–H groups in total. The third-order valence-corrected chi connectivity index (χ3v) is 1.95. The summed E-state index contributed by atoms with van der Waals surface area (Å²) in [4.78, 5) is 0. The topological polar surface area (TPSA) is 0 Å². The van der Waals surface area contributed by atoms with Crippen molar-refractivity contribution in [2.24, 2.45) is 0 Å². The maximum Gasteiger partial charge on any atom is 0.412 e. The molecule has 1 aliphatic rings. The summed E-state index contributed by atoms with van der Waals surface area (Å²) >= 11 is 0. The fourth-order valence-corrected chi connectivity index (χ4v) is 1.20. The van der Waals surface area contributed by atoms with E-state index < -0.39 is 11.7 Å². The molecule has 0 bridgehead atoms. The van der Waals surface area contributed by atoms with Gasteiger partial charge in [-0.1, -0.05) is 17.7 Å². The lowest BCUT2D eigenvalue weighted by atomic mass is 10.1. The first kappa shape index (κ1) is 9.36. The summed E-state index contributed by atoms with van der Waals surface area (Å²) < 4.78 is 36.5. The summed E-state index contributed by atoms with van der Waals surface area (Å²) in [7, 11) is 0. The zero-order valence-electron chi connectivity index (χ0n) is 6.91. The van der Waals surface area contributed by atoms with Crippen molar-refractivity contribution in [3.63, 3.8) is 0 Å². The molecule has 0 aliphatic heterocycles. The van der Waals surface area contributed by atoms with E-state index in [0.717, 1.165) is 12.0 Å². The van der Waals surface area contributed by atoms with E-state index in [2.05, 4.69) is 0 Å². The van der Waals surface area contributed by atoms with Gasteiger partial charge in [0.2, 0.25) is 0 Å². The minimum absolute atomic E-state index is 0.150. The van der Waals surface area contributed by atoms with Gasteiger partial charge in [-0.25, -0.2) is 0 Å². The molecule has 0 amide bonds. The van der Waals surface area contributed by atoms with Crippen LogP contribution in [0.1, 0.15) is 26.2 Å². The molecule has 0 fully saturated rings. The van der Waals surface area contributed by atoms with Gasteiger partial charge in [0.15, 0.2) is 0 Å². The van der Waals surface area contributed by atoms with Gasteiger partial charge < -0.3 is 0 Å². The second kappa shape index (κ2) is 3.33. The van der Waals surface area contributed by atoms with E-state index in [4.69, 9.17) is 0 Å². The minimum Gasteiger partial charge on any atom is -0.166 e. The van der Waals surface area contributed by atoms with Crippen molar-refractivity contribution in [1.29, 1.82) is 0 Å². The third-order valence-electron chi connectivity index (χ3n) is 1.95. The first-order chi connectivity index (χ1) is 5.50. The van der Waals surface area contributed by atoms with Crippen LogP contribution in [0.5, 0.6) is 0 Å². The van der Waals surface area contributed by atoms with E-state index in [1.54, 1.807) is 6.08 Å². The highest BCUT2D eigenvalue weighted by atomic mass is 19.4. The number of hydrogen-bond acceptors (Lipinski definition) is 0. The van der Waals surface area contributed by atoms with Crippen molar-refractivity contribution in [3.05, 3.63) is 23.3 Å². The van der Waals surface area contributed by atoms with Crippen molar-refractivity contribution in [1.82, 2.24) is 0 Å². The Morgan fingerprint density at radius 3 is 2.42 bits per heavy atom. The van der Waals surface area contributed by atoms with E-state index in [-0.39, 0.29) is 6.42 Å². The summed E-state index contributed by atoms with van der Waals surface area (Å²) in [5, 5.41) is 0. The number of halogens is 3. The lowest BCUT2D eigenvalue weighted by molar-refractivity contribution is -0.0940. The Balaban J connectivity index is 2.79. The molecule has 0 aromatic carbocycles. The molecule has 0 aromatic rings. The largest absolute Gasteiger partial charge is 0.412 e. The van der Waals surface area contributed by atoms with Crippen LogP contribution < -0.4 is 0 Å². The molecule has 0 heterocycles. The van der Waals surface area contributed by atoms with Crippen LogP contribution in [0, 0.1) is 0 Å². The van der Waals surface area contributed by atoms with Gasteiger partial charge >= 0.3 is 6.18 Å². The van der Waals surface area contributed by atoms with Gasteiger partial charge in [-0.15, -0.1) is 0 Å². The Morgan fingerprint density at radius 1 is 1.17 bits per heavy atom. The summed E-state index contributed by atoms with van der Waals surface area (Å²) in [5.41, 5.74) is 0.619. The monoisotopic (exact) mass is 176 g/mol. The van der Waals surface area contributed by atoms with Crippen LogP contribution in [0.2, 0.25) is 0 Å². The van der Waals surface area contributed by atoms with E-state index in [0.29, 0.717) is 6.42 Å². The highest BCUT2D eigenvalue weighted by Gasteiger charge is 2.32. The number of alkyl halides is 3. The predicted molar refractivity (Wildman–Crippen MR) is 41.7 cm³/mol.